The Morgan fingerprint density at radius 3 is 2.29 bits per heavy atom. The zero-order valence-electron chi connectivity index (χ0n) is 21.0. The van der Waals surface area contributed by atoms with Crippen molar-refractivity contribution in [1.82, 2.24) is 0 Å². The highest BCUT2D eigenvalue weighted by Gasteiger charge is 2.34. The van der Waals surface area contributed by atoms with E-state index in [4.69, 9.17) is 9.47 Å². The molecule has 2 heterocycles. The van der Waals surface area contributed by atoms with Gasteiger partial charge in [-0.2, -0.15) is 4.39 Å². The Labute approximate surface area is 207 Å². The Balaban J connectivity index is 1.28. The molecule has 1 saturated carbocycles. The van der Waals surface area contributed by atoms with Crippen molar-refractivity contribution >= 4 is 0 Å². The van der Waals surface area contributed by atoms with Crippen LogP contribution in [0.1, 0.15) is 99.8 Å². The van der Waals surface area contributed by atoms with E-state index in [1.807, 2.05) is 19.1 Å². The van der Waals surface area contributed by atoms with E-state index >= 15 is 4.39 Å². The third kappa shape index (κ3) is 4.85. The normalized spacial score (nSPS) is 26.1. The highest BCUT2D eigenvalue weighted by Crippen LogP contribution is 2.46. The van der Waals surface area contributed by atoms with E-state index in [-0.39, 0.29) is 17.4 Å². The molecule has 3 aliphatic rings. The van der Waals surface area contributed by atoms with Crippen molar-refractivity contribution < 1.29 is 22.6 Å². The second-order valence-corrected chi connectivity index (χ2v) is 10.9. The van der Waals surface area contributed by atoms with Gasteiger partial charge in [-0.25, -0.2) is 8.78 Å². The molecule has 1 saturated heterocycles. The first kappa shape index (κ1) is 24.7. The molecule has 5 heteroatoms. The van der Waals surface area contributed by atoms with E-state index in [0.29, 0.717) is 53.0 Å². The van der Waals surface area contributed by atoms with Crippen molar-refractivity contribution in [2.24, 2.45) is 11.8 Å². The first-order valence-corrected chi connectivity index (χ1v) is 13.6. The van der Waals surface area contributed by atoms with Crippen molar-refractivity contribution in [2.45, 2.75) is 96.5 Å². The summed E-state index contributed by atoms with van der Waals surface area (Å²) in [6.45, 7) is 5.04. The molecule has 0 aromatic heterocycles. The van der Waals surface area contributed by atoms with Gasteiger partial charge in [-0.1, -0.05) is 38.8 Å². The zero-order valence-corrected chi connectivity index (χ0v) is 21.0. The molecule has 0 radical (unpaired) electrons. The van der Waals surface area contributed by atoms with E-state index in [1.54, 1.807) is 6.07 Å². The fourth-order valence-electron chi connectivity index (χ4n) is 6.53. The predicted molar refractivity (Wildman–Crippen MR) is 132 cm³/mol. The predicted octanol–water partition coefficient (Wildman–Crippen LogP) is 8.62. The summed E-state index contributed by atoms with van der Waals surface area (Å²) in [6, 6.07) is 5.46. The summed E-state index contributed by atoms with van der Waals surface area (Å²) in [4.78, 5) is 0. The van der Waals surface area contributed by atoms with Crippen LogP contribution in [0, 0.1) is 29.3 Å². The second-order valence-electron chi connectivity index (χ2n) is 10.9. The average molecular weight is 487 g/mol. The second kappa shape index (κ2) is 10.5. The van der Waals surface area contributed by atoms with Crippen LogP contribution in [-0.2, 0) is 17.6 Å². The molecule has 0 amide bonds. The van der Waals surface area contributed by atoms with Crippen molar-refractivity contribution in [3.63, 3.8) is 0 Å². The number of rotatable bonds is 6. The molecular weight excluding hydrogens is 449 g/mol. The molecule has 5 rings (SSSR count). The van der Waals surface area contributed by atoms with Crippen LogP contribution in [-0.4, -0.2) is 12.7 Å². The summed E-state index contributed by atoms with van der Waals surface area (Å²) in [5.74, 6) is -1.02. The summed E-state index contributed by atoms with van der Waals surface area (Å²) in [6.07, 6.45) is 10.6. The van der Waals surface area contributed by atoms with E-state index < -0.39 is 17.5 Å². The van der Waals surface area contributed by atoms with Crippen LogP contribution >= 0.6 is 0 Å². The Bertz CT molecular complexity index is 1050. The quantitative estimate of drug-likeness (QED) is 0.347. The van der Waals surface area contributed by atoms with Gasteiger partial charge in [0.1, 0.15) is 0 Å². The van der Waals surface area contributed by atoms with Crippen LogP contribution in [0.5, 0.6) is 11.5 Å². The molecule has 2 atom stereocenters. The Morgan fingerprint density at radius 1 is 0.829 bits per heavy atom. The molecule has 2 fully saturated rings. The lowest BCUT2D eigenvalue weighted by atomic mass is 9.74. The van der Waals surface area contributed by atoms with Gasteiger partial charge in [-0.05, 0) is 86.3 Å². The summed E-state index contributed by atoms with van der Waals surface area (Å²) in [5.41, 5.74) is 2.27. The summed E-state index contributed by atoms with van der Waals surface area (Å²) in [5, 5.41) is 0. The molecule has 2 aromatic carbocycles. The molecule has 2 nitrogen and oxygen atoms in total. The maximum atomic E-state index is 15.7. The van der Waals surface area contributed by atoms with Crippen LogP contribution in [0.2, 0.25) is 0 Å². The van der Waals surface area contributed by atoms with Gasteiger partial charge in [0.05, 0.1) is 6.10 Å². The molecule has 35 heavy (non-hydrogen) atoms. The summed E-state index contributed by atoms with van der Waals surface area (Å²) < 4.78 is 56.9. The number of hydrogen-bond acceptors (Lipinski definition) is 2. The van der Waals surface area contributed by atoms with Crippen molar-refractivity contribution in [3.8, 4) is 11.5 Å². The molecule has 2 aromatic rings. The van der Waals surface area contributed by atoms with Crippen LogP contribution < -0.4 is 4.74 Å². The van der Waals surface area contributed by atoms with Crippen LogP contribution in [0.4, 0.5) is 13.2 Å². The Hall–Kier alpha value is -2.01. The van der Waals surface area contributed by atoms with Gasteiger partial charge in [0.15, 0.2) is 23.1 Å². The fourth-order valence-corrected chi connectivity index (χ4v) is 6.53. The van der Waals surface area contributed by atoms with Crippen molar-refractivity contribution in [1.29, 1.82) is 0 Å². The highest BCUT2D eigenvalue weighted by atomic mass is 19.2. The highest BCUT2D eigenvalue weighted by molar-refractivity contribution is 5.54. The van der Waals surface area contributed by atoms with Crippen molar-refractivity contribution in [3.05, 3.63) is 57.9 Å². The van der Waals surface area contributed by atoms with Gasteiger partial charge < -0.3 is 9.47 Å². The number of aryl methyl sites for hydroxylation is 1. The molecule has 2 aliphatic heterocycles. The van der Waals surface area contributed by atoms with Crippen molar-refractivity contribution in [2.75, 3.05) is 6.61 Å². The first-order chi connectivity index (χ1) is 17.0. The number of ether oxygens (including phenoxy) is 2. The zero-order chi connectivity index (χ0) is 24.5. The lowest BCUT2D eigenvalue weighted by molar-refractivity contribution is -0.0576. The summed E-state index contributed by atoms with van der Waals surface area (Å²) >= 11 is 0. The third-order valence-electron chi connectivity index (χ3n) is 8.47. The van der Waals surface area contributed by atoms with E-state index in [0.717, 1.165) is 45.1 Å². The molecule has 1 aliphatic carbocycles. The van der Waals surface area contributed by atoms with Gasteiger partial charge >= 0.3 is 0 Å². The van der Waals surface area contributed by atoms with Gasteiger partial charge in [0.2, 0.25) is 5.82 Å². The minimum absolute atomic E-state index is 0.0660. The fraction of sp³-hybridized carbons (Fsp3) is 0.600. The van der Waals surface area contributed by atoms with Crippen LogP contribution in [0.25, 0.3) is 0 Å². The SMILES string of the molecule is CCCc1cc2c(c(F)c1F)Oc1c(ccc(C3CCC(C4CCC(CCC)CO4)CC3)c1F)C2. The molecule has 190 valence electrons. The standard InChI is InChI=1S/C30H37F3O2/c1-3-5-18-7-14-25(34-17-18)20-10-8-19(9-11-20)24-13-12-22-16-23-15-21(6-4-2)26(31)28(33)30(23)35-29(22)27(24)32/h12-13,15,18-20,25H,3-11,14,16-17H2,1-2H3. The molecule has 0 N–H and O–H groups in total. The van der Waals surface area contributed by atoms with Crippen LogP contribution in [0.3, 0.4) is 0 Å². The molecule has 0 spiro atoms. The number of benzene rings is 2. The maximum absolute atomic E-state index is 15.7. The van der Waals surface area contributed by atoms with Crippen LogP contribution in [0.15, 0.2) is 18.2 Å². The largest absolute Gasteiger partial charge is 0.450 e. The molecule has 0 bridgehead atoms. The number of fused-ring (bicyclic) bond motifs is 2. The van der Waals surface area contributed by atoms with E-state index in [2.05, 4.69) is 6.92 Å². The molecular formula is C30H37F3O2. The van der Waals surface area contributed by atoms with E-state index in [9.17, 15) is 8.78 Å². The average Bonchev–Trinajstić information content (AvgIpc) is 2.88. The minimum Gasteiger partial charge on any atom is -0.450 e. The summed E-state index contributed by atoms with van der Waals surface area (Å²) in [7, 11) is 0. The number of halogens is 3. The maximum Gasteiger partial charge on any atom is 0.201 e. The smallest absolute Gasteiger partial charge is 0.201 e. The minimum atomic E-state index is -1.00. The van der Waals surface area contributed by atoms with Gasteiger partial charge in [-0.3, -0.25) is 0 Å². The monoisotopic (exact) mass is 486 g/mol. The lowest BCUT2D eigenvalue weighted by Gasteiger charge is -2.38. The van der Waals surface area contributed by atoms with Gasteiger partial charge in [0.25, 0.3) is 0 Å². The first-order valence-electron chi connectivity index (χ1n) is 13.6. The molecule has 2 unspecified atom stereocenters. The topological polar surface area (TPSA) is 18.5 Å². The number of hydrogen-bond donors (Lipinski definition) is 0. The van der Waals surface area contributed by atoms with Gasteiger partial charge in [0, 0.05) is 24.2 Å². The lowest BCUT2D eigenvalue weighted by Crippen LogP contribution is -2.34. The van der Waals surface area contributed by atoms with E-state index in [1.165, 1.54) is 19.3 Å². The van der Waals surface area contributed by atoms with Gasteiger partial charge in [-0.15, -0.1) is 0 Å². The Morgan fingerprint density at radius 2 is 1.60 bits per heavy atom. The third-order valence-corrected chi connectivity index (χ3v) is 8.47. The Kier molecular flexibility index (Phi) is 7.43.